The molecule has 1 heterocycles. The Balaban J connectivity index is 1.49. The van der Waals surface area contributed by atoms with Crippen molar-refractivity contribution >= 4 is 33.5 Å². The molecule has 1 aliphatic heterocycles. The zero-order valence-electron chi connectivity index (χ0n) is 18.0. The van der Waals surface area contributed by atoms with Gasteiger partial charge in [0.25, 0.3) is 11.8 Å². The summed E-state index contributed by atoms with van der Waals surface area (Å²) < 4.78 is 36.9. The molecule has 0 radical (unpaired) electrons. The molecule has 2 aromatic carbocycles. The highest BCUT2D eigenvalue weighted by Crippen LogP contribution is 2.19. The third-order valence-corrected chi connectivity index (χ3v) is 6.75. The van der Waals surface area contributed by atoms with Crippen molar-refractivity contribution in [2.24, 2.45) is 0 Å². The van der Waals surface area contributed by atoms with E-state index in [-0.39, 0.29) is 24.5 Å². The second kappa shape index (κ2) is 11.0. The van der Waals surface area contributed by atoms with Crippen molar-refractivity contribution in [3.05, 3.63) is 60.2 Å². The number of benzene rings is 2. The SMILES string of the molecule is C[C@H](OC(=O)CNC(=O)c1ccccc1)C(=O)Nc1ccc(S(=O)(=O)N2CCOCC2)cc1. The molecular formula is C22H25N3O7S. The first-order valence-corrected chi connectivity index (χ1v) is 11.7. The number of morpholine rings is 1. The number of nitrogens with one attached hydrogen (secondary N) is 2. The van der Waals surface area contributed by atoms with Gasteiger partial charge in [-0.25, -0.2) is 8.42 Å². The molecule has 3 rings (SSSR count). The van der Waals surface area contributed by atoms with E-state index in [9.17, 15) is 22.8 Å². The molecule has 33 heavy (non-hydrogen) atoms. The summed E-state index contributed by atoms with van der Waals surface area (Å²) >= 11 is 0. The lowest BCUT2D eigenvalue weighted by Crippen LogP contribution is -2.40. The van der Waals surface area contributed by atoms with Crippen LogP contribution in [0.3, 0.4) is 0 Å². The van der Waals surface area contributed by atoms with Crippen LogP contribution in [0.4, 0.5) is 5.69 Å². The summed E-state index contributed by atoms with van der Waals surface area (Å²) in [5, 5.41) is 4.99. The maximum Gasteiger partial charge on any atom is 0.326 e. The maximum absolute atomic E-state index is 12.6. The van der Waals surface area contributed by atoms with Gasteiger partial charge in [-0.3, -0.25) is 14.4 Å². The molecule has 0 aliphatic carbocycles. The Labute approximate surface area is 191 Å². The van der Waals surface area contributed by atoms with Gasteiger partial charge in [0.15, 0.2) is 6.10 Å². The van der Waals surface area contributed by atoms with Crippen LogP contribution >= 0.6 is 0 Å². The molecule has 1 aliphatic rings. The summed E-state index contributed by atoms with van der Waals surface area (Å²) in [5.41, 5.74) is 0.747. The van der Waals surface area contributed by atoms with Crippen LogP contribution in [0.1, 0.15) is 17.3 Å². The van der Waals surface area contributed by atoms with Gasteiger partial charge in [-0.2, -0.15) is 4.31 Å². The second-order valence-electron chi connectivity index (χ2n) is 7.21. The Morgan fingerprint density at radius 3 is 2.30 bits per heavy atom. The second-order valence-corrected chi connectivity index (χ2v) is 9.15. The standard InChI is InChI=1S/C22H25N3O7S/c1-16(32-20(26)15-23-22(28)17-5-3-2-4-6-17)21(27)24-18-7-9-19(10-8-18)33(29,30)25-11-13-31-14-12-25/h2-10,16H,11-15H2,1H3,(H,23,28)(H,24,27)/t16-/m0/s1. The molecule has 1 saturated heterocycles. The van der Waals surface area contributed by atoms with Crippen LogP contribution in [0, 0.1) is 0 Å². The lowest BCUT2D eigenvalue weighted by Gasteiger charge is -2.26. The predicted octanol–water partition coefficient (Wildman–Crippen LogP) is 1.01. The Bertz CT molecular complexity index is 1080. The molecule has 176 valence electrons. The number of rotatable bonds is 8. The Kier molecular flexibility index (Phi) is 8.15. The topological polar surface area (TPSA) is 131 Å². The Morgan fingerprint density at radius 1 is 1.03 bits per heavy atom. The summed E-state index contributed by atoms with van der Waals surface area (Å²) in [6.07, 6.45) is -1.12. The summed E-state index contributed by atoms with van der Waals surface area (Å²) in [6.45, 7) is 2.27. The highest BCUT2D eigenvalue weighted by Gasteiger charge is 2.26. The van der Waals surface area contributed by atoms with E-state index in [0.717, 1.165) is 0 Å². The molecule has 1 fully saturated rings. The van der Waals surface area contributed by atoms with Crippen molar-refractivity contribution in [2.75, 3.05) is 38.2 Å². The van der Waals surface area contributed by atoms with Crippen LogP contribution in [0.15, 0.2) is 59.5 Å². The summed E-state index contributed by atoms with van der Waals surface area (Å²) in [5.74, 6) is -1.80. The van der Waals surface area contributed by atoms with E-state index in [4.69, 9.17) is 9.47 Å². The number of carbonyl (C=O) groups excluding carboxylic acids is 3. The van der Waals surface area contributed by atoms with Gasteiger partial charge in [-0.15, -0.1) is 0 Å². The number of esters is 1. The molecule has 1 atom stereocenters. The highest BCUT2D eigenvalue weighted by molar-refractivity contribution is 7.89. The maximum atomic E-state index is 12.6. The van der Waals surface area contributed by atoms with Crippen LogP contribution < -0.4 is 10.6 Å². The number of ether oxygens (including phenoxy) is 2. The van der Waals surface area contributed by atoms with E-state index in [2.05, 4.69) is 10.6 Å². The van der Waals surface area contributed by atoms with Crippen molar-refractivity contribution in [3.63, 3.8) is 0 Å². The zero-order valence-corrected chi connectivity index (χ0v) is 18.8. The molecule has 0 bridgehead atoms. The minimum atomic E-state index is -3.64. The summed E-state index contributed by atoms with van der Waals surface area (Å²) in [7, 11) is -3.64. The van der Waals surface area contributed by atoms with Crippen molar-refractivity contribution in [3.8, 4) is 0 Å². The van der Waals surface area contributed by atoms with Gasteiger partial charge in [0.05, 0.1) is 18.1 Å². The lowest BCUT2D eigenvalue weighted by molar-refractivity contribution is -0.152. The number of amides is 2. The third-order valence-electron chi connectivity index (χ3n) is 4.84. The largest absolute Gasteiger partial charge is 0.451 e. The minimum Gasteiger partial charge on any atom is -0.451 e. The lowest BCUT2D eigenvalue weighted by atomic mass is 10.2. The molecule has 10 nitrogen and oxygen atoms in total. The van der Waals surface area contributed by atoms with Gasteiger partial charge in [0.2, 0.25) is 10.0 Å². The number of carbonyl (C=O) groups is 3. The van der Waals surface area contributed by atoms with Crippen LogP contribution in [-0.4, -0.2) is 69.5 Å². The van der Waals surface area contributed by atoms with E-state index in [1.54, 1.807) is 30.3 Å². The number of anilines is 1. The molecule has 0 spiro atoms. The first-order chi connectivity index (χ1) is 15.8. The molecule has 2 aromatic rings. The van der Waals surface area contributed by atoms with E-state index in [1.807, 2.05) is 0 Å². The van der Waals surface area contributed by atoms with Gasteiger partial charge in [0, 0.05) is 24.3 Å². The normalized spacial score (nSPS) is 15.3. The van der Waals surface area contributed by atoms with E-state index in [0.29, 0.717) is 24.5 Å². The monoisotopic (exact) mass is 475 g/mol. The highest BCUT2D eigenvalue weighted by atomic mass is 32.2. The van der Waals surface area contributed by atoms with Crippen molar-refractivity contribution < 1.29 is 32.3 Å². The van der Waals surface area contributed by atoms with Gasteiger partial charge in [0.1, 0.15) is 6.54 Å². The molecule has 0 aromatic heterocycles. The first-order valence-electron chi connectivity index (χ1n) is 10.3. The smallest absolute Gasteiger partial charge is 0.326 e. The average molecular weight is 476 g/mol. The van der Waals surface area contributed by atoms with Crippen molar-refractivity contribution in [1.29, 1.82) is 0 Å². The number of nitrogens with zero attached hydrogens (tertiary/aromatic N) is 1. The Morgan fingerprint density at radius 2 is 1.67 bits per heavy atom. The van der Waals surface area contributed by atoms with Crippen LogP contribution in [-0.2, 0) is 29.1 Å². The predicted molar refractivity (Wildman–Crippen MR) is 119 cm³/mol. The van der Waals surface area contributed by atoms with E-state index in [1.165, 1.54) is 35.5 Å². The molecule has 0 saturated carbocycles. The van der Waals surface area contributed by atoms with Crippen molar-refractivity contribution in [1.82, 2.24) is 9.62 Å². The van der Waals surface area contributed by atoms with Crippen molar-refractivity contribution in [2.45, 2.75) is 17.9 Å². The molecule has 2 amide bonds. The number of hydrogen-bond acceptors (Lipinski definition) is 7. The van der Waals surface area contributed by atoms with E-state index < -0.39 is 33.9 Å². The average Bonchev–Trinajstić information content (AvgIpc) is 2.84. The van der Waals surface area contributed by atoms with Gasteiger partial charge < -0.3 is 20.1 Å². The van der Waals surface area contributed by atoms with Gasteiger partial charge >= 0.3 is 5.97 Å². The number of hydrogen-bond donors (Lipinski definition) is 2. The zero-order chi connectivity index (χ0) is 23.8. The van der Waals surface area contributed by atoms with Gasteiger partial charge in [-0.1, -0.05) is 18.2 Å². The van der Waals surface area contributed by atoms with Crippen LogP contribution in [0.2, 0.25) is 0 Å². The summed E-state index contributed by atoms with van der Waals surface area (Å²) in [4.78, 5) is 36.3. The minimum absolute atomic E-state index is 0.107. The fraction of sp³-hybridized carbons (Fsp3) is 0.318. The molecular weight excluding hydrogens is 450 g/mol. The molecule has 0 unspecified atom stereocenters. The fourth-order valence-electron chi connectivity index (χ4n) is 3.03. The molecule has 11 heteroatoms. The number of sulfonamides is 1. The first kappa shape index (κ1) is 24.4. The quantitative estimate of drug-likeness (QED) is 0.545. The van der Waals surface area contributed by atoms with Crippen LogP contribution in [0.25, 0.3) is 0 Å². The van der Waals surface area contributed by atoms with Gasteiger partial charge in [-0.05, 0) is 43.3 Å². The van der Waals surface area contributed by atoms with Crippen LogP contribution in [0.5, 0.6) is 0 Å². The van der Waals surface area contributed by atoms with E-state index >= 15 is 0 Å². The molecule has 2 N–H and O–H groups in total. The summed E-state index contributed by atoms with van der Waals surface area (Å²) in [6, 6.07) is 14.1. The fourth-order valence-corrected chi connectivity index (χ4v) is 4.43. The third kappa shape index (κ3) is 6.60. The Hall–Kier alpha value is -3.28.